The molecule has 100 valence electrons. The van der Waals surface area contributed by atoms with Crippen molar-refractivity contribution in [3.63, 3.8) is 0 Å². The van der Waals surface area contributed by atoms with Crippen LogP contribution in [0.5, 0.6) is 0 Å². The average Bonchev–Trinajstić information content (AvgIpc) is 2.34. The second kappa shape index (κ2) is 4.77. The fourth-order valence-corrected chi connectivity index (χ4v) is 2.12. The van der Waals surface area contributed by atoms with Crippen molar-refractivity contribution in [3.05, 3.63) is 34.3 Å². The molecule has 1 heterocycles. The fourth-order valence-electron chi connectivity index (χ4n) is 1.86. The number of hydrogen-bond donors (Lipinski definition) is 1. The van der Waals surface area contributed by atoms with Crippen LogP contribution in [0.1, 0.15) is 24.2 Å². The van der Waals surface area contributed by atoms with Crippen molar-refractivity contribution in [2.45, 2.75) is 19.4 Å². The van der Waals surface area contributed by atoms with Crippen LogP contribution in [0.2, 0.25) is 0 Å². The Kier molecular flexibility index (Phi) is 3.45. The topological polar surface area (TPSA) is 66.5 Å². The first-order valence-electron chi connectivity index (χ1n) is 5.74. The van der Waals surface area contributed by atoms with Gasteiger partial charge in [0.2, 0.25) is 5.91 Å². The molecule has 1 aromatic carbocycles. The van der Waals surface area contributed by atoms with Crippen molar-refractivity contribution in [2.75, 3.05) is 6.54 Å². The molecule has 0 aliphatic carbocycles. The van der Waals surface area contributed by atoms with Crippen LogP contribution in [0.4, 0.5) is 0 Å². The number of nitrogens with zero attached hydrogens (tertiary/aromatic N) is 1. The summed E-state index contributed by atoms with van der Waals surface area (Å²) in [6.45, 7) is 3.12. The van der Waals surface area contributed by atoms with E-state index >= 15 is 0 Å². The SMILES string of the molecule is CC1(C)C(=O)NC(=O)CN1C(=O)c1ccc(Br)cc1. The number of carbonyl (C=O) groups is 3. The lowest BCUT2D eigenvalue weighted by atomic mass is 9.97. The summed E-state index contributed by atoms with van der Waals surface area (Å²) in [5.74, 6) is -1.26. The third kappa shape index (κ3) is 2.53. The number of benzene rings is 1. The summed E-state index contributed by atoms with van der Waals surface area (Å²) in [5, 5.41) is 2.24. The van der Waals surface area contributed by atoms with Gasteiger partial charge in [-0.3, -0.25) is 19.7 Å². The van der Waals surface area contributed by atoms with Gasteiger partial charge in [-0.1, -0.05) is 15.9 Å². The maximum atomic E-state index is 12.4. The Bertz CT molecular complexity index is 552. The van der Waals surface area contributed by atoms with Gasteiger partial charge in [-0.25, -0.2) is 0 Å². The van der Waals surface area contributed by atoms with Crippen LogP contribution < -0.4 is 5.32 Å². The number of halogens is 1. The zero-order chi connectivity index (χ0) is 14.2. The molecule has 0 bridgehead atoms. The predicted octanol–water partition coefficient (Wildman–Crippen LogP) is 1.33. The van der Waals surface area contributed by atoms with Gasteiger partial charge in [-0.15, -0.1) is 0 Å². The number of imide groups is 1. The first kappa shape index (κ1) is 13.7. The van der Waals surface area contributed by atoms with E-state index in [4.69, 9.17) is 0 Å². The van der Waals surface area contributed by atoms with Crippen LogP contribution in [-0.2, 0) is 9.59 Å². The van der Waals surface area contributed by atoms with Crippen molar-refractivity contribution in [2.24, 2.45) is 0 Å². The lowest BCUT2D eigenvalue weighted by Crippen LogP contribution is -2.65. The molecular weight excluding hydrogens is 312 g/mol. The zero-order valence-electron chi connectivity index (χ0n) is 10.6. The molecule has 0 radical (unpaired) electrons. The van der Waals surface area contributed by atoms with Crippen molar-refractivity contribution < 1.29 is 14.4 Å². The summed E-state index contributed by atoms with van der Waals surface area (Å²) in [6, 6.07) is 6.79. The minimum atomic E-state index is -1.04. The molecule has 0 saturated carbocycles. The molecule has 3 amide bonds. The monoisotopic (exact) mass is 324 g/mol. The second-order valence-electron chi connectivity index (χ2n) is 4.83. The van der Waals surface area contributed by atoms with Crippen molar-refractivity contribution in [3.8, 4) is 0 Å². The normalized spacial score (nSPS) is 18.2. The highest BCUT2D eigenvalue weighted by Gasteiger charge is 2.43. The third-order valence-corrected chi connectivity index (χ3v) is 3.65. The van der Waals surface area contributed by atoms with E-state index in [1.165, 1.54) is 4.90 Å². The molecule has 1 aliphatic heterocycles. The lowest BCUT2D eigenvalue weighted by molar-refractivity contribution is -0.143. The molecule has 1 N–H and O–H groups in total. The van der Waals surface area contributed by atoms with Crippen molar-refractivity contribution in [1.82, 2.24) is 10.2 Å². The Morgan fingerprint density at radius 2 is 1.84 bits per heavy atom. The van der Waals surface area contributed by atoms with Crippen LogP contribution in [-0.4, -0.2) is 34.7 Å². The van der Waals surface area contributed by atoms with E-state index < -0.39 is 17.4 Å². The Balaban J connectivity index is 2.33. The van der Waals surface area contributed by atoms with Crippen molar-refractivity contribution >= 4 is 33.7 Å². The maximum absolute atomic E-state index is 12.4. The van der Waals surface area contributed by atoms with Gasteiger partial charge in [0, 0.05) is 10.0 Å². The molecule has 0 spiro atoms. The molecule has 6 heteroatoms. The number of carbonyl (C=O) groups excluding carboxylic acids is 3. The molecular formula is C13H13BrN2O3. The summed E-state index contributed by atoms with van der Waals surface area (Å²) in [5.41, 5.74) is -0.600. The van der Waals surface area contributed by atoms with E-state index in [1.54, 1.807) is 38.1 Å². The second-order valence-corrected chi connectivity index (χ2v) is 5.75. The van der Waals surface area contributed by atoms with Gasteiger partial charge in [-0.05, 0) is 38.1 Å². The first-order valence-corrected chi connectivity index (χ1v) is 6.53. The summed E-state index contributed by atoms with van der Waals surface area (Å²) >= 11 is 3.29. The standard InChI is InChI=1S/C13H13BrN2O3/c1-13(2)12(19)15-10(17)7-16(13)11(18)8-3-5-9(14)6-4-8/h3-6H,7H2,1-2H3,(H,15,17,19). The Labute approximate surface area is 119 Å². The summed E-state index contributed by atoms with van der Waals surface area (Å²) in [7, 11) is 0. The van der Waals surface area contributed by atoms with Gasteiger partial charge in [0.05, 0.1) is 0 Å². The third-order valence-electron chi connectivity index (χ3n) is 3.12. The summed E-state index contributed by atoms with van der Waals surface area (Å²) in [6.07, 6.45) is 0. The van der Waals surface area contributed by atoms with E-state index in [-0.39, 0.29) is 12.5 Å². The van der Waals surface area contributed by atoms with E-state index in [0.29, 0.717) is 5.56 Å². The van der Waals surface area contributed by atoms with Gasteiger partial charge in [0.15, 0.2) is 0 Å². The molecule has 1 saturated heterocycles. The van der Waals surface area contributed by atoms with E-state index in [0.717, 1.165) is 4.47 Å². The van der Waals surface area contributed by atoms with Crippen molar-refractivity contribution in [1.29, 1.82) is 0 Å². The molecule has 0 unspecified atom stereocenters. The van der Waals surface area contributed by atoms with Gasteiger partial charge >= 0.3 is 0 Å². The highest BCUT2D eigenvalue weighted by molar-refractivity contribution is 9.10. The largest absolute Gasteiger partial charge is 0.315 e. The molecule has 1 aromatic rings. The smallest absolute Gasteiger partial charge is 0.255 e. The lowest BCUT2D eigenvalue weighted by Gasteiger charge is -2.40. The fraction of sp³-hybridized carbons (Fsp3) is 0.308. The van der Waals surface area contributed by atoms with Gasteiger partial charge in [0.1, 0.15) is 12.1 Å². The molecule has 19 heavy (non-hydrogen) atoms. The number of nitrogens with one attached hydrogen (secondary N) is 1. The quantitative estimate of drug-likeness (QED) is 0.792. The summed E-state index contributed by atoms with van der Waals surface area (Å²) in [4.78, 5) is 36.9. The molecule has 2 rings (SSSR count). The average molecular weight is 325 g/mol. The van der Waals surface area contributed by atoms with Crippen LogP contribution in [0.3, 0.4) is 0 Å². The molecule has 0 atom stereocenters. The number of hydrogen-bond acceptors (Lipinski definition) is 3. The Morgan fingerprint density at radius 1 is 1.26 bits per heavy atom. The maximum Gasteiger partial charge on any atom is 0.255 e. The van der Waals surface area contributed by atoms with Crippen LogP contribution in [0, 0.1) is 0 Å². The van der Waals surface area contributed by atoms with Gasteiger partial charge < -0.3 is 4.90 Å². The number of piperazine rings is 1. The zero-order valence-corrected chi connectivity index (χ0v) is 12.2. The minimum absolute atomic E-state index is 0.117. The van der Waals surface area contributed by atoms with Gasteiger partial charge in [-0.2, -0.15) is 0 Å². The molecule has 0 aromatic heterocycles. The van der Waals surface area contributed by atoms with E-state index in [9.17, 15) is 14.4 Å². The highest BCUT2D eigenvalue weighted by Crippen LogP contribution is 2.21. The van der Waals surface area contributed by atoms with E-state index in [1.807, 2.05) is 0 Å². The Morgan fingerprint density at radius 3 is 2.42 bits per heavy atom. The van der Waals surface area contributed by atoms with Crippen LogP contribution >= 0.6 is 15.9 Å². The number of rotatable bonds is 1. The summed E-state index contributed by atoms with van der Waals surface area (Å²) < 4.78 is 0.857. The Hall–Kier alpha value is -1.69. The number of amides is 3. The van der Waals surface area contributed by atoms with Crippen LogP contribution in [0.15, 0.2) is 28.7 Å². The van der Waals surface area contributed by atoms with Gasteiger partial charge in [0.25, 0.3) is 11.8 Å². The predicted molar refractivity (Wildman–Crippen MR) is 72.4 cm³/mol. The minimum Gasteiger partial charge on any atom is -0.315 e. The molecule has 1 fully saturated rings. The van der Waals surface area contributed by atoms with Crippen LogP contribution in [0.25, 0.3) is 0 Å². The first-order chi connectivity index (χ1) is 8.82. The molecule has 5 nitrogen and oxygen atoms in total. The van der Waals surface area contributed by atoms with E-state index in [2.05, 4.69) is 21.2 Å². The highest BCUT2D eigenvalue weighted by atomic mass is 79.9. The molecule has 1 aliphatic rings.